The Labute approximate surface area is 210 Å². The van der Waals surface area contributed by atoms with Gasteiger partial charge in [0.05, 0.1) is 10.5 Å². The first-order valence-electron chi connectivity index (χ1n) is 11.9. The highest BCUT2D eigenvalue weighted by Crippen LogP contribution is 2.34. The summed E-state index contributed by atoms with van der Waals surface area (Å²) in [4.78, 5) is 36.1. The van der Waals surface area contributed by atoms with Gasteiger partial charge in [0.15, 0.2) is 0 Å². The fourth-order valence-electron chi connectivity index (χ4n) is 4.80. The lowest BCUT2D eigenvalue weighted by molar-refractivity contribution is -0.122. The van der Waals surface area contributed by atoms with E-state index >= 15 is 0 Å². The van der Waals surface area contributed by atoms with Gasteiger partial charge in [0.2, 0.25) is 0 Å². The average Bonchev–Trinajstić information content (AvgIpc) is 3.05. The molecule has 0 aliphatic carbocycles. The molecule has 4 heterocycles. The van der Waals surface area contributed by atoms with Crippen LogP contribution in [0.25, 0.3) is 11.7 Å². The minimum atomic E-state index is -0.170. The van der Waals surface area contributed by atoms with E-state index in [9.17, 15) is 9.59 Å². The summed E-state index contributed by atoms with van der Waals surface area (Å²) in [7, 11) is 0. The first kappa shape index (κ1) is 24.9. The number of thiocarbonyl (C=S) groups is 1. The van der Waals surface area contributed by atoms with Crippen LogP contribution in [0.5, 0.6) is 0 Å². The molecule has 0 bridgehead atoms. The summed E-state index contributed by atoms with van der Waals surface area (Å²) in [5, 5.41) is 0. The van der Waals surface area contributed by atoms with Crippen LogP contribution in [0.2, 0.25) is 0 Å². The molecule has 2 fully saturated rings. The molecule has 2 aromatic rings. The summed E-state index contributed by atoms with van der Waals surface area (Å²) in [6, 6.07) is 3.80. The minimum Gasteiger partial charge on any atom is -0.382 e. The van der Waals surface area contributed by atoms with Gasteiger partial charge in [-0.2, -0.15) is 0 Å². The minimum absolute atomic E-state index is 0.161. The summed E-state index contributed by atoms with van der Waals surface area (Å²) in [6.45, 7) is 11.8. The molecule has 2 unspecified atom stereocenters. The van der Waals surface area contributed by atoms with Crippen LogP contribution in [0, 0.1) is 18.8 Å². The highest BCUT2D eigenvalue weighted by molar-refractivity contribution is 8.26. The van der Waals surface area contributed by atoms with Crippen LogP contribution in [0.15, 0.2) is 28.0 Å². The number of aryl methyl sites for hydroxylation is 1. The summed E-state index contributed by atoms with van der Waals surface area (Å²) in [5.41, 5.74) is 1.86. The van der Waals surface area contributed by atoms with Crippen LogP contribution >= 0.6 is 24.0 Å². The second kappa shape index (κ2) is 10.6. The number of piperidine rings is 1. The fraction of sp³-hybridized carbons (Fsp3) is 0.520. The summed E-state index contributed by atoms with van der Waals surface area (Å²) in [5.74, 6) is 1.49. The molecule has 7 nitrogen and oxygen atoms in total. The number of nitrogens with zero attached hydrogens (tertiary/aromatic N) is 4. The van der Waals surface area contributed by atoms with Gasteiger partial charge in [-0.25, -0.2) is 4.98 Å². The van der Waals surface area contributed by atoms with E-state index in [0.29, 0.717) is 64.3 Å². The van der Waals surface area contributed by atoms with Gasteiger partial charge >= 0.3 is 0 Å². The van der Waals surface area contributed by atoms with Crippen LogP contribution in [-0.2, 0) is 9.53 Å². The molecule has 0 radical (unpaired) electrons. The second-order valence-electron chi connectivity index (χ2n) is 9.27. The molecule has 0 spiro atoms. The molecule has 34 heavy (non-hydrogen) atoms. The molecule has 4 rings (SSSR count). The first-order chi connectivity index (χ1) is 16.3. The lowest BCUT2D eigenvalue weighted by Crippen LogP contribution is -2.40. The molecule has 9 heteroatoms. The van der Waals surface area contributed by atoms with E-state index in [-0.39, 0.29) is 11.5 Å². The predicted molar refractivity (Wildman–Crippen MR) is 142 cm³/mol. The van der Waals surface area contributed by atoms with E-state index in [1.165, 1.54) is 11.8 Å². The third-order valence-corrected chi connectivity index (χ3v) is 7.63. The number of carbonyl (C=O) groups is 1. The van der Waals surface area contributed by atoms with Gasteiger partial charge in [-0.1, -0.05) is 43.9 Å². The lowest BCUT2D eigenvalue weighted by Gasteiger charge is -2.36. The normalized spacial score (nSPS) is 22.4. The standard InChI is InChI=1S/C25H32N4O3S2/c1-5-32-11-7-10-29-24(31)20(34-25(29)33)13-19-22(27-14-16(2)12-17(3)15-27)26-21-18(4)8-6-9-28(21)23(19)30/h6,8-9,13,16-17H,5,7,10-12,14-15H2,1-4H3. The molecule has 182 valence electrons. The molecule has 2 atom stereocenters. The Kier molecular flexibility index (Phi) is 7.74. The molecule has 0 N–H and O–H groups in total. The van der Waals surface area contributed by atoms with Crippen molar-refractivity contribution >= 4 is 51.7 Å². The number of pyridine rings is 1. The van der Waals surface area contributed by atoms with Crippen LogP contribution in [0.1, 0.15) is 44.7 Å². The molecular weight excluding hydrogens is 468 g/mol. The number of ether oxygens (including phenoxy) is 1. The van der Waals surface area contributed by atoms with E-state index < -0.39 is 0 Å². The van der Waals surface area contributed by atoms with Crippen molar-refractivity contribution in [3.05, 3.63) is 44.7 Å². The van der Waals surface area contributed by atoms with Crippen LogP contribution in [0.3, 0.4) is 0 Å². The van der Waals surface area contributed by atoms with Gasteiger partial charge in [-0.3, -0.25) is 18.9 Å². The van der Waals surface area contributed by atoms with Crippen molar-refractivity contribution in [2.75, 3.05) is 37.7 Å². The van der Waals surface area contributed by atoms with Crippen molar-refractivity contribution in [3.8, 4) is 0 Å². The maximum Gasteiger partial charge on any atom is 0.267 e. The quantitative estimate of drug-likeness (QED) is 0.322. The lowest BCUT2D eigenvalue weighted by atomic mass is 9.91. The van der Waals surface area contributed by atoms with E-state index in [0.717, 1.165) is 25.1 Å². The van der Waals surface area contributed by atoms with Crippen molar-refractivity contribution in [3.63, 3.8) is 0 Å². The molecule has 2 aliphatic heterocycles. The number of rotatable bonds is 7. The number of amides is 1. The Morgan fingerprint density at radius 2 is 2.00 bits per heavy atom. The third kappa shape index (κ3) is 5.06. The molecule has 2 saturated heterocycles. The number of fused-ring (bicyclic) bond motifs is 1. The molecular formula is C25H32N4O3S2. The zero-order chi connectivity index (χ0) is 24.4. The Morgan fingerprint density at radius 3 is 2.71 bits per heavy atom. The Bertz CT molecular complexity index is 1180. The smallest absolute Gasteiger partial charge is 0.267 e. The third-order valence-electron chi connectivity index (χ3n) is 6.26. The van der Waals surface area contributed by atoms with Crippen LogP contribution < -0.4 is 10.5 Å². The van der Waals surface area contributed by atoms with E-state index in [2.05, 4.69) is 18.7 Å². The number of anilines is 1. The van der Waals surface area contributed by atoms with E-state index in [4.69, 9.17) is 21.9 Å². The van der Waals surface area contributed by atoms with Gasteiger partial charge in [-0.05, 0) is 56.2 Å². The summed E-state index contributed by atoms with van der Waals surface area (Å²) >= 11 is 6.73. The number of carbonyl (C=O) groups excluding carboxylic acids is 1. The van der Waals surface area contributed by atoms with Crippen molar-refractivity contribution in [2.24, 2.45) is 11.8 Å². The zero-order valence-electron chi connectivity index (χ0n) is 20.2. The molecule has 0 saturated carbocycles. The Balaban J connectivity index is 1.76. The topological polar surface area (TPSA) is 67.2 Å². The van der Waals surface area contributed by atoms with Crippen molar-refractivity contribution < 1.29 is 9.53 Å². The Morgan fingerprint density at radius 1 is 1.26 bits per heavy atom. The van der Waals surface area contributed by atoms with Crippen LogP contribution in [0.4, 0.5) is 5.82 Å². The summed E-state index contributed by atoms with van der Waals surface area (Å²) < 4.78 is 7.48. The van der Waals surface area contributed by atoms with Crippen molar-refractivity contribution in [1.29, 1.82) is 0 Å². The monoisotopic (exact) mass is 500 g/mol. The maximum atomic E-state index is 13.7. The molecule has 2 aromatic heterocycles. The van der Waals surface area contributed by atoms with Gasteiger partial charge in [0.1, 0.15) is 15.8 Å². The maximum absolute atomic E-state index is 13.7. The number of hydrogen-bond donors (Lipinski definition) is 0. The predicted octanol–water partition coefficient (Wildman–Crippen LogP) is 4.11. The van der Waals surface area contributed by atoms with Gasteiger partial charge < -0.3 is 9.64 Å². The van der Waals surface area contributed by atoms with E-state index in [1.807, 2.05) is 26.0 Å². The number of hydrogen-bond acceptors (Lipinski definition) is 7. The number of thioether (sulfide) groups is 1. The Hall–Kier alpha value is -2.23. The highest BCUT2D eigenvalue weighted by atomic mass is 32.2. The largest absolute Gasteiger partial charge is 0.382 e. The average molecular weight is 501 g/mol. The van der Waals surface area contributed by atoms with Gasteiger partial charge in [-0.15, -0.1) is 0 Å². The van der Waals surface area contributed by atoms with Gasteiger partial charge in [0, 0.05) is 39.0 Å². The molecule has 0 aromatic carbocycles. The molecule has 1 amide bonds. The second-order valence-corrected chi connectivity index (χ2v) is 10.9. The van der Waals surface area contributed by atoms with Crippen molar-refractivity contribution in [1.82, 2.24) is 14.3 Å². The fourth-order valence-corrected chi connectivity index (χ4v) is 6.09. The number of aromatic nitrogens is 2. The van der Waals surface area contributed by atoms with Gasteiger partial charge in [0.25, 0.3) is 11.5 Å². The molecule has 2 aliphatic rings. The van der Waals surface area contributed by atoms with E-state index in [1.54, 1.807) is 21.6 Å². The summed E-state index contributed by atoms with van der Waals surface area (Å²) in [6.07, 6.45) is 5.30. The first-order valence-corrected chi connectivity index (χ1v) is 13.1. The zero-order valence-corrected chi connectivity index (χ0v) is 21.9. The van der Waals surface area contributed by atoms with Crippen LogP contribution in [-0.4, -0.2) is 57.4 Å². The highest BCUT2D eigenvalue weighted by Gasteiger charge is 2.33. The van der Waals surface area contributed by atoms with Crippen molar-refractivity contribution in [2.45, 2.75) is 40.5 Å². The SMILES string of the molecule is CCOCCCN1C(=O)C(=Cc2c(N3CC(C)CC(C)C3)nc3c(C)cccn3c2=O)SC1=S.